The lowest BCUT2D eigenvalue weighted by molar-refractivity contribution is 0.603. The molecule has 0 fully saturated rings. The van der Waals surface area contributed by atoms with Crippen molar-refractivity contribution >= 4 is 39.2 Å². The summed E-state index contributed by atoms with van der Waals surface area (Å²) in [6, 6.07) is 13.5. The Morgan fingerprint density at radius 1 is 1.29 bits per heavy atom. The molecule has 0 aliphatic heterocycles. The van der Waals surface area contributed by atoms with Gasteiger partial charge in [-0.3, -0.25) is 0 Å². The number of hydrogen-bond acceptors (Lipinski definition) is 1. The Kier molecular flexibility index (Phi) is 3.95. The summed E-state index contributed by atoms with van der Waals surface area (Å²) in [7, 11) is 0. The van der Waals surface area contributed by atoms with E-state index in [9.17, 15) is 4.39 Å². The highest BCUT2D eigenvalue weighted by atomic mass is 79.9. The molecule has 0 aliphatic carbocycles. The molecule has 2 aromatic carbocycles. The fourth-order valence-corrected chi connectivity index (χ4v) is 3.11. The summed E-state index contributed by atoms with van der Waals surface area (Å²) < 4.78 is 16.7. The van der Waals surface area contributed by atoms with Gasteiger partial charge in [-0.05, 0) is 45.7 Å². The Morgan fingerprint density at radius 3 is 2.71 bits per heavy atom. The maximum Gasteiger partial charge on any atom is 0.178 e. The number of rotatable bonds is 3. The molecular formula is C16H14BrFN2S. The number of H-pyrrole nitrogens is 1. The van der Waals surface area contributed by atoms with E-state index in [-0.39, 0.29) is 5.82 Å². The molecule has 0 aliphatic rings. The monoisotopic (exact) mass is 364 g/mol. The maximum absolute atomic E-state index is 13.6. The first-order valence-corrected chi connectivity index (χ1v) is 7.89. The van der Waals surface area contributed by atoms with Crippen molar-refractivity contribution in [3.8, 4) is 0 Å². The Morgan fingerprint density at radius 2 is 2.00 bits per heavy atom. The number of nitrogens with one attached hydrogen (secondary N) is 1. The number of aromatic nitrogens is 2. The van der Waals surface area contributed by atoms with Crippen molar-refractivity contribution in [3.05, 3.63) is 63.1 Å². The molecule has 1 unspecified atom stereocenters. The lowest BCUT2D eigenvalue weighted by atomic mass is 10.0. The van der Waals surface area contributed by atoms with Crippen LogP contribution in [0, 0.1) is 10.6 Å². The highest BCUT2D eigenvalue weighted by molar-refractivity contribution is 9.10. The Balaban J connectivity index is 2.03. The maximum atomic E-state index is 13.6. The second-order valence-electron chi connectivity index (χ2n) is 5.14. The molecule has 108 valence electrons. The third-order valence-corrected chi connectivity index (χ3v) is 4.57. The minimum Gasteiger partial charge on any atom is -0.330 e. The third kappa shape index (κ3) is 2.80. The van der Waals surface area contributed by atoms with Crippen LogP contribution in [0.2, 0.25) is 0 Å². The molecule has 0 amide bonds. The van der Waals surface area contributed by atoms with Gasteiger partial charge in [0.2, 0.25) is 0 Å². The molecule has 1 N–H and O–H groups in total. The summed E-state index contributed by atoms with van der Waals surface area (Å²) >= 11 is 8.61. The van der Waals surface area contributed by atoms with Gasteiger partial charge in [0.15, 0.2) is 4.77 Å². The van der Waals surface area contributed by atoms with E-state index in [0.717, 1.165) is 17.6 Å². The van der Waals surface area contributed by atoms with Crippen LogP contribution < -0.4 is 0 Å². The van der Waals surface area contributed by atoms with E-state index in [1.807, 2.05) is 22.8 Å². The van der Waals surface area contributed by atoms with Crippen molar-refractivity contribution in [2.75, 3.05) is 0 Å². The molecule has 0 spiro atoms. The molecule has 0 saturated heterocycles. The SMILES string of the molecule is CC(Cn1c(=S)[nH]c2cc(F)c(Br)cc21)c1ccccc1. The van der Waals surface area contributed by atoms with E-state index in [1.165, 1.54) is 11.6 Å². The molecule has 1 atom stereocenters. The molecule has 3 aromatic rings. The molecular weight excluding hydrogens is 351 g/mol. The van der Waals surface area contributed by atoms with Gasteiger partial charge in [-0.15, -0.1) is 0 Å². The van der Waals surface area contributed by atoms with E-state index < -0.39 is 0 Å². The lowest BCUT2D eigenvalue weighted by Gasteiger charge is -2.13. The summed E-state index contributed by atoms with van der Waals surface area (Å²) in [6.07, 6.45) is 0. The van der Waals surface area contributed by atoms with Crippen LogP contribution in [-0.4, -0.2) is 9.55 Å². The van der Waals surface area contributed by atoms with Gasteiger partial charge < -0.3 is 9.55 Å². The topological polar surface area (TPSA) is 20.7 Å². The molecule has 1 aromatic heterocycles. The Bertz CT molecular complexity index is 839. The van der Waals surface area contributed by atoms with Gasteiger partial charge in [0, 0.05) is 12.6 Å². The van der Waals surface area contributed by atoms with Crippen LogP contribution in [0.1, 0.15) is 18.4 Å². The number of hydrogen-bond donors (Lipinski definition) is 1. The van der Waals surface area contributed by atoms with E-state index in [4.69, 9.17) is 12.2 Å². The minimum absolute atomic E-state index is 0.290. The lowest BCUT2D eigenvalue weighted by Crippen LogP contribution is -2.06. The number of nitrogens with zero attached hydrogens (tertiary/aromatic N) is 1. The first-order chi connectivity index (χ1) is 10.1. The van der Waals surface area contributed by atoms with Crippen molar-refractivity contribution in [2.45, 2.75) is 19.4 Å². The number of halogens is 2. The molecule has 3 rings (SSSR count). The van der Waals surface area contributed by atoms with Crippen molar-refractivity contribution in [2.24, 2.45) is 0 Å². The molecule has 2 nitrogen and oxygen atoms in total. The zero-order chi connectivity index (χ0) is 15.0. The summed E-state index contributed by atoms with van der Waals surface area (Å²) in [5.74, 6) is 0.0303. The van der Waals surface area contributed by atoms with Gasteiger partial charge in [0.1, 0.15) is 5.82 Å². The zero-order valence-corrected chi connectivity index (χ0v) is 13.8. The average molecular weight is 365 g/mol. The van der Waals surface area contributed by atoms with Crippen LogP contribution in [0.15, 0.2) is 46.9 Å². The number of aromatic amines is 1. The van der Waals surface area contributed by atoms with E-state index in [0.29, 0.717) is 15.2 Å². The number of fused-ring (bicyclic) bond motifs is 1. The standard InChI is InChI=1S/C16H14BrFN2S/c1-10(11-5-3-2-4-6-11)9-20-15-7-12(17)13(18)8-14(15)19-16(20)21/h2-8,10H,9H2,1H3,(H,19,21). The second kappa shape index (κ2) is 5.73. The number of imidazole rings is 1. The van der Waals surface area contributed by atoms with Crippen LogP contribution in [0.4, 0.5) is 4.39 Å². The van der Waals surface area contributed by atoms with Crippen molar-refractivity contribution in [3.63, 3.8) is 0 Å². The van der Waals surface area contributed by atoms with Gasteiger partial charge in [0.05, 0.1) is 15.5 Å². The highest BCUT2D eigenvalue weighted by Crippen LogP contribution is 2.25. The predicted molar refractivity (Wildman–Crippen MR) is 89.6 cm³/mol. The fourth-order valence-electron chi connectivity index (χ4n) is 2.49. The molecule has 0 bridgehead atoms. The Hall–Kier alpha value is -1.46. The highest BCUT2D eigenvalue weighted by Gasteiger charge is 2.12. The van der Waals surface area contributed by atoms with Crippen LogP contribution in [0.5, 0.6) is 0 Å². The molecule has 1 heterocycles. The van der Waals surface area contributed by atoms with E-state index in [1.54, 1.807) is 6.07 Å². The van der Waals surface area contributed by atoms with Crippen molar-refractivity contribution in [1.82, 2.24) is 9.55 Å². The van der Waals surface area contributed by atoms with Crippen LogP contribution in [-0.2, 0) is 6.54 Å². The molecule has 21 heavy (non-hydrogen) atoms. The van der Waals surface area contributed by atoms with Crippen LogP contribution >= 0.6 is 28.1 Å². The minimum atomic E-state index is -0.290. The Labute approximate surface area is 135 Å². The summed E-state index contributed by atoms with van der Waals surface area (Å²) in [5, 5.41) is 0. The van der Waals surface area contributed by atoms with E-state index in [2.05, 4.69) is 40.0 Å². The second-order valence-corrected chi connectivity index (χ2v) is 6.38. The van der Waals surface area contributed by atoms with Gasteiger partial charge in [-0.1, -0.05) is 37.3 Å². The van der Waals surface area contributed by atoms with Crippen molar-refractivity contribution in [1.29, 1.82) is 0 Å². The summed E-state index contributed by atoms with van der Waals surface area (Å²) in [6.45, 7) is 2.91. The number of benzene rings is 2. The third-order valence-electron chi connectivity index (χ3n) is 3.64. The molecule has 5 heteroatoms. The fraction of sp³-hybridized carbons (Fsp3) is 0.188. The normalized spacial score (nSPS) is 12.7. The van der Waals surface area contributed by atoms with E-state index >= 15 is 0 Å². The molecule has 0 saturated carbocycles. The largest absolute Gasteiger partial charge is 0.330 e. The summed E-state index contributed by atoms with van der Waals surface area (Å²) in [4.78, 5) is 3.07. The first-order valence-electron chi connectivity index (χ1n) is 6.69. The molecule has 0 radical (unpaired) electrons. The average Bonchev–Trinajstić information content (AvgIpc) is 2.76. The van der Waals surface area contributed by atoms with Gasteiger partial charge >= 0.3 is 0 Å². The first kappa shape index (κ1) is 14.5. The predicted octanol–water partition coefficient (Wildman–Crippen LogP) is 5.40. The quantitative estimate of drug-likeness (QED) is 0.616. The van der Waals surface area contributed by atoms with Gasteiger partial charge in [0.25, 0.3) is 0 Å². The summed E-state index contributed by atoms with van der Waals surface area (Å²) in [5.41, 5.74) is 2.90. The smallest absolute Gasteiger partial charge is 0.178 e. The zero-order valence-electron chi connectivity index (χ0n) is 11.4. The van der Waals surface area contributed by atoms with Gasteiger partial charge in [-0.2, -0.15) is 0 Å². The van der Waals surface area contributed by atoms with Crippen LogP contribution in [0.3, 0.4) is 0 Å². The van der Waals surface area contributed by atoms with Crippen molar-refractivity contribution < 1.29 is 4.39 Å². The van der Waals surface area contributed by atoms with Crippen LogP contribution in [0.25, 0.3) is 11.0 Å². The van der Waals surface area contributed by atoms with Gasteiger partial charge in [-0.25, -0.2) is 4.39 Å².